The van der Waals surface area contributed by atoms with E-state index >= 15 is 0 Å². The normalized spacial score (nSPS) is 11.4. The number of H-pyrrole nitrogens is 1. The lowest BCUT2D eigenvalue weighted by Crippen LogP contribution is -2.26. The summed E-state index contributed by atoms with van der Waals surface area (Å²) in [4.78, 5) is 14.0. The van der Waals surface area contributed by atoms with Crippen molar-refractivity contribution in [2.45, 2.75) is 25.7 Å². The summed E-state index contributed by atoms with van der Waals surface area (Å²) < 4.78 is 5.96. The number of hydrogen-bond donors (Lipinski definition) is 2. The first-order valence-electron chi connectivity index (χ1n) is 8.12. The number of nitrogens with one attached hydrogen (secondary N) is 1. The van der Waals surface area contributed by atoms with E-state index in [0.29, 0.717) is 17.9 Å². The highest BCUT2D eigenvalue weighted by molar-refractivity contribution is 7.09. The number of thiazole rings is 1. The summed E-state index contributed by atoms with van der Waals surface area (Å²) in [6.07, 6.45) is 0.519. The minimum atomic E-state index is -0.240. The van der Waals surface area contributed by atoms with Crippen molar-refractivity contribution in [1.29, 1.82) is 0 Å². The minimum absolute atomic E-state index is 0.0417. The molecule has 0 aliphatic rings. The largest absolute Gasteiger partial charge is 0.494 e. The van der Waals surface area contributed by atoms with Crippen LogP contribution in [-0.2, 0) is 11.8 Å². The standard InChI is InChI=1S/C20H21NO3S/c1-20(2,15-6-4-3-5-7-15)13-24-16-10-8-14(9-11-16)12-17-18(22)21-19(23)25-17/h3-11,22H,12-13H2,1-2H3,(H,21,23). The molecule has 3 aromatic rings. The molecule has 0 unspecified atom stereocenters. The molecule has 0 saturated carbocycles. The Bertz CT molecular complexity index is 879. The van der Waals surface area contributed by atoms with E-state index in [1.54, 1.807) is 0 Å². The molecule has 0 atom stereocenters. The summed E-state index contributed by atoms with van der Waals surface area (Å²) in [5.41, 5.74) is 2.17. The Kier molecular flexibility index (Phi) is 4.95. The molecule has 1 aromatic heterocycles. The van der Waals surface area contributed by atoms with Gasteiger partial charge in [-0.15, -0.1) is 0 Å². The predicted octanol–water partition coefficient (Wildman–Crippen LogP) is 4.09. The van der Waals surface area contributed by atoms with Crippen LogP contribution in [0.4, 0.5) is 0 Å². The molecule has 0 radical (unpaired) electrons. The van der Waals surface area contributed by atoms with Crippen LogP contribution in [0.3, 0.4) is 0 Å². The highest BCUT2D eigenvalue weighted by Gasteiger charge is 2.21. The van der Waals surface area contributed by atoms with Gasteiger partial charge in [-0.1, -0.05) is 67.6 Å². The third-order valence-electron chi connectivity index (χ3n) is 4.14. The van der Waals surface area contributed by atoms with Gasteiger partial charge in [0.2, 0.25) is 5.88 Å². The molecule has 1 heterocycles. The third kappa shape index (κ3) is 4.31. The number of hydrogen-bond acceptors (Lipinski definition) is 4. The molecule has 0 aliphatic carbocycles. The van der Waals surface area contributed by atoms with Crippen molar-refractivity contribution in [2.75, 3.05) is 6.61 Å². The van der Waals surface area contributed by atoms with Gasteiger partial charge in [0.05, 0.1) is 11.5 Å². The Morgan fingerprint density at radius 1 is 1.08 bits per heavy atom. The molecular formula is C20H21NO3S. The average Bonchev–Trinajstić information content (AvgIpc) is 2.92. The maximum atomic E-state index is 11.2. The van der Waals surface area contributed by atoms with E-state index in [4.69, 9.17) is 4.74 Å². The zero-order valence-corrected chi connectivity index (χ0v) is 15.1. The van der Waals surface area contributed by atoms with Crippen LogP contribution in [0.2, 0.25) is 0 Å². The van der Waals surface area contributed by atoms with E-state index in [2.05, 4.69) is 31.0 Å². The molecule has 130 valence electrons. The summed E-state index contributed by atoms with van der Waals surface area (Å²) in [5, 5.41) is 9.66. The van der Waals surface area contributed by atoms with E-state index in [9.17, 15) is 9.90 Å². The molecule has 2 aromatic carbocycles. The first-order chi connectivity index (χ1) is 11.9. The van der Waals surface area contributed by atoms with Crippen molar-refractivity contribution in [3.05, 3.63) is 80.3 Å². The molecule has 0 aliphatic heterocycles. The molecule has 25 heavy (non-hydrogen) atoms. The summed E-state index contributed by atoms with van der Waals surface area (Å²) in [5.74, 6) is 0.763. The van der Waals surface area contributed by atoms with Crippen molar-refractivity contribution in [1.82, 2.24) is 4.98 Å². The summed E-state index contributed by atoms with van der Waals surface area (Å²) in [6, 6.07) is 18.1. The molecule has 3 rings (SSSR count). The van der Waals surface area contributed by atoms with Gasteiger partial charge in [0.1, 0.15) is 5.75 Å². The van der Waals surface area contributed by atoms with Gasteiger partial charge in [-0.05, 0) is 23.3 Å². The summed E-state index contributed by atoms with van der Waals surface area (Å²) in [7, 11) is 0. The van der Waals surface area contributed by atoms with Crippen molar-refractivity contribution < 1.29 is 9.84 Å². The zero-order chi connectivity index (χ0) is 17.9. The third-order valence-corrected chi connectivity index (χ3v) is 5.02. The van der Waals surface area contributed by atoms with Crippen LogP contribution in [0.1, 0.15) is 29.9 Å². The van der Waals surface area contributed by atoms with Crippen LogP contribution in [0.5, 0.6) is 11.6 Å². The number of rotatable bonds is 6. The second kappa shape index (κ2) is 7.15. The van der Waals surface area contributed by atoms with Crippen molar-refractivity contribution in [2.24, 2.45) is 0 Å². The Morgan fingerprint density at radius 3 is 2.36 bits per heavy atom. The van der Waals surface area contributed by atoms with Crippen molar-refractivity contribution in [3.8, 4) is 11.6 Å². The van der Waals surface area contributed by atoms with Crippen LogP contribution in [0.15, 0.2) is 59.4 Å². The van der Waals surface area contributed by atoms with Gasteiger partial charge in [-0.2, -0.15) is 0 Å². The predicted molar refractivity (Wildman–Crippen MR) is 101 cm³/mol. The molecule has 0 fully saturated rings. The Morgan fingerprint density at radius 2 is 1.76 bits per heavy atom. The van der Waals surface area contributed by atoms with E-state index in [1.807, 2.05) is 42.5 Å². The van der Waals surface area contributed by atoms with Gasteiger partial charge in [0.15, 0.2) is 0 Å². The van der Waals surface area contributed by atoms with E-state index in [1.165, 1.54) is 5.56 Å². The fourth-order valence-corrected chi connectivity index (χ4v) is 3.36. The quantitative estimate of drug-likeness (QED) is 0.700. The average molecular weight is 355 g/mol. The number of ether oxygens (including phenoxy) is 1. The van der Waals surface area contributed by atoms with Crippen molar-refractivity contribution in [3.63, 3.8) is 0 Å². The van der Waals surface area contributed by atoms with Crippen LogP contribution >= 0.6 is 11.3 Å². The molecule has 5 heteroatoms. The Balaban J connectivity index is 1.63. The fourth-order valence-electron chi connectivity index (χ4n) is 2.60. The topological polar surface area (TPSA) is 62.3 Å². The summed E-state index contributed by atoms with van der Waals surface area (Å²) in [6.45, 7) is 4.90. The highest BCUT2D eigenvalue weighted by atomic mass is 32.1. The van der Waals surface area contributed by atoms with E-state index in [0.717, 1.165) is 22.6 Å². The number of aromatic nitrogens is 1. The smallest absolute Gasteiger partial charge is 0.307 e. The lowest BCUT2D eigenvalue weighted by Gasteiger charge is -2.25. The molecular weight excluding hydrogens is 334 g/mol. The van der Waals surface area contributed by atoms with Gasteiger partial charge >= 0.3 is 4.87 Å². The number of aromatic hydroxyl groups is 1. The van der Waals surface area contributed by atoms with Gasteiger partial charge in [-0.25, -0.2) is 0 Å². The van der Waals surface area contributed by atoms with Crippen LogP contribution in [-0.4, -0.2) is 16.7 Å². The van der Waals surface area contributed by atoms with Gasteiger partial charge in [0, 0.05) is 11.8 Å². The maximum Gasteiger partial charge on any atom is 0.307 e. The Hall–Kier alpha value is -2.53. The second-order valence-electron chi connectivity index (χ2n) is 6.65. The summed E-state index contributed by atoms with van der Waals surface area (Å²) >= 11 is 1.03. The second-order valence-corrected chi connectivity index (χ2v) is 7.71. The minimum Gasteiger partial charge on any atom is -0.494 e. The van der Waals surface area contributed by atoms with E-state index < -0.39 is 0 Å². The van der Waals surface area contributed by atoms with Gasteiger partial charge < -0.3 is 9.84 Å². The number of benzene rings is 2. The molecule has 0 saturated heterocycles. The van der Waals surface area contributed by atoms with Crippen LogP contribution in [0.25, 0.3) is 0 Å². The van der Waals surface area contributed by atoms with Gasteiger partial charge in [0.25, 0.3) is 0 Å². The molecule has 0 spiro atoms. The first-order valence-corrected chi connectivity index (χ1v) is 8.94. The first kappa shape index (κ1) is 17.3. The number of aromatic amines is 1. The van der Waals surface area contributed by atoms with Gasteiger partial charge in [-0.3, -0.25) is 9.78 Å². The SMILES string of the molecule is CC(C)(COc1ccc(Cc2sc(=O)[nH]c2O)cc1)c1ccccc1. The van der Waals surface area contributed by atoms with Crippen molar-refractivity contribution >= 4 is 11.3 Å². The fraction of sp³-hybridized carbons (Fsp3) is 0.250. The lowest BCUT2D eigenvalue weighted by molar-refractivity contribution is 0.240. The maximum absolute atomic E-state index is 11.2. The highest BCUT2D eigenvalue weighted by Crippen LogP contribution is 2.25. The molecule has 2 N–H and O–H groups in total. The monoisotopic (exact) mass is 355 g/mol. The molecule has 0 amide bonds. The zero-order valence-electron chi connectivity index (χ0n) is 14.3. The van der Waals surface area contributed by atoms with E-state index in [-0.39, 0.29) is 16.2 Å². The molecule has 0 bridgehead atoms. The van der Waals surface area contributed by atoms with Crippen LogP contribution in [0, 0.1) is 0 Å². The molecule has 4 nitrogen and oxygen atoms in total. The Labute approximate surface area is 150 Å². The lowest BCUT2D eigenvalue weighted by atomic mass is 9.86. The van der Waals surface area contributed by atoms with Crippen LogP contribution < -0.4 is 9.61 Å².